The van der Waals surface area contributed by atoms with Crippen molar-refractivity contribution in [2.75, 3.05) is 26.3 Å². The number of likely N-dealkylation sites (tertiary alicyclic amines) is 1. The molecule has 118 valence electrons. The van der Waals surface area contributed by atoms with E-state index in [1.54, 1.807) is 0 Å². The molecule has 20 heavy (non-hydrogen) atoms. The summed E-state index contributed by atoms with van der Waals surface area (Å²) in [5, 5.41) is 9.99. The lowest BCUT2D eigenvalue weighted by molar-refractivity contribution is -0.103. The number of hydrogen-bond donors (Lipinski definition) is 1. The van der Waals surface area contributed by atoms with Gasteiger partial charge in [0.05, 0.1) is 12.2 Å². The maximum atomic E-state index is 9.99. The van der Waals surface area contributed by atoms with Gasteiger partial charge in [0.2, 0.25) is 0 Å². The highest BCUT2D eigenvalue weighted by atomic mass is 16.5. The number of hydrogen-bond acceptors (Lipinski definition) is 3. The molecule has 0 radical (unpaired) electrons. The largest absolute Gasteiger partial charge is 0.396 e. The summed E-state index contributed by atoms with van der Waals surface area (Å²) in [7, 11) is 0. The van der Waals surface area contributed by atoms with Gasteiger partial charge in [0.1, 0.15) is 0 Å². The van der Waals surface area contributed by atoms with E-state index in [1.165, 1.54) is 12.8 Å². The third kappa shape index (κ3) is 2.77. The van der Waals surface area contributed by atoms with Crippen LogP contribution in [0.15, 0.2) is 0 Å². The van der Waals surface area contributed by atoms with Crippen molar-refractivity contribution in [3.63, 3.8) is 0 Å². The van der Waals surface area contributed by atoms with Gasteiger partial charge >= 0.3 is 0 Å². The van der Waals surface area contributed by atoms with E-state index in [0.29, 0.717) is 6.61 Å². The molecule has 0 aromatic rings. The maximum absolute atomic E-state index is 9.99. The van der Waals surface area contributed by atoms with Gasteiger partial charge in [-0.2, -0.15) is 0 Å². The molecule has 0 spiro atoms. The van der Waals surface area contributed by atoms with Crippen LogP contribution >= 0.6 is 0 Å². The van der Waals surface area contributed by atoms with Crippen LogP contribution in [0, 0.1) is 10.8 Å². The summed E-state index contributed by atoms with van der Waals surface area (Å²) in [6.07, 6.45) is 3.50. The Hall–Kier alpha value is -0.120. The number of rotatable bonds is 4. The van der Waals surface area contributed by atoms with E-state index in [2.05, 4.69) is 46.4 Å². The second-order valence-electron chi connectivity index (χ2n) is 8.96. The summed E-state index contributed by atoms with van der Waals surface area (Å²) < 4.78 is 5.95. The van der Waals surface area contributed by atoms with E-state index in [4.69, 9.17) is 4.74 Å². The Morgan fingerprint density at radius 3 is 1.95 bits per heavy atom. The molecule has 1 N–H and O–H groups in total. The van der Waals surface area contributed by atoms with Gasteiger partial charge in [0, 0.05) is 30.7 Å². The molecule has 0 aromatic heterocycles. The minimum Gasteiger partial charge on any atom is -0.396 e. The van der Waals surface area contributed by atoms with Crippen molar-refractivity contribution in [1.82, 2.24) is 4.90 Å². The van der Waals surface area contributed by atoms with E-state index in [1.807, 2.05) is 0 Å². The standard InChI is InChI=1S/C17H33NO2/c1-14(2,3)18-11-16(9-10-20-15(4,5)6)7-8-17(16,12-18)13-19/h19H,7-13H2,1-6H3. The SMILES string of the molecule is CC(C)(C)OCCC12CCC1(CO)CN(C(C)(C)C)C2. The first-order valence-corrected chi connectivity index (χ1v) is 8.04. The molecular formula is C17H33NO2. The van der Waals surface area contributed by atoms with E-state index in [0.717, 1.165) is 26.1 Å². The van der Waals surface area contributed by atoms with Crippen LogP contribution in [0.2, 0.25) is 0 Å². The molecule has 3 nitrogen and oxygen atoms in total. The van der Waals surface area contributed by atoms with E-state index in [-0.39, 0.29) is 22.0 Å². The minimum absolute atomic E-state index is 0.0649. The average molecular weight is 283 g/mol. The van der Waals surface area contributed by atoms with Gasteiger partial charge in [-0.3, -0.25) is 4.90 Å². The Bertz CT molecular complexity index is 351. The molecule has 1 aliphatic carbocycles. The molecule has 0 aromatic carbocycles. The van der Waals surface area contributed by atoms with Crippen molar-refractivity contribution in [3.8, 4) is 0 Å². The molecule has 1 aliphatic heterocycles. The summed E-state index contributed by atoms with van der Waals surface area (Å²) in [6.45, 7) is 16.5. The molecule has 2 rings (SSSR count). The lowest BCUT2D eigenvalue weighted by Crippen LogP contribution is -2.53. The lowest BCUT2D eigenvalue weighted by Gasteiger charge is -2.54. The summed E-state index contributed by atoms with van der Waals surface area (Å²) in [5.74, 6) is 0. The molecule has 1 heterocycles. The quantitative estimate of drug-likeness (QED) is 0.860. The van der Waals surface area contributed by atoms with Crippen molar-refractivity contribution in [3.05, 3.63) is 0 Å². The second kappa shape index (κ2) is 4.96. The highest BCUT2D eigenvalue weighted by molar-refractivity contribution is 5.15. The van der Waals surface area contributed by atoms with Crippen LogP contribution in [-0.2, 0) is 4.74 Å². The number of nitrogens with zero attached hydrogens (tertiary/aromatic N) is 1. The second-order valence-corrected chi connectivity index (χ2v) is 8.96. The van der Waals surface area contributed by atoms with Crippen LogP contribution in [-0.4, -0.2) is 47.4 Å². The Balaban J connectivity index is 2.05. The smallest absolute Gasteiger partial charge is 0.0598 e. The Morgan fingerprint density at radius 1 is 1.00 bits per heavy atom. The monoisotopic (exact) mass is 283 g/mol. The van der Waals surface area contributed by atoms with Gasteiger partial charge in [-0.05, 0) is 66.2 Å². The van der Waals surface area contributed by atoms with Gasteiger partial charge in [0.15, 0.2) is 0 Å². The van der Waals surface area contributed by atoms with Crippen LogP contribution in [0.3, 0.4) is 0 Å². The summed E-state index contributed by atoms with van der Waals surface area (Å²) in [5.41, 5.74) is 0.532. The zero-order chi connectivity index (χ0) is 15.2. The highest BCUT2D eigenvalue weighted by Gasteiger charge is 2.64. The molecule has 0 bridgehead atoms. The molecular weight excluding hydrogens is 250 g/mol. The molecule has 0 amide bonds. The van der Waals surface area contributed by atoms with Gasteiger partial charge in [0.25, 0.3) is 0 Å². The zero-order valence-electron chi connectivity index (χ0n) is 14.3. The predicted octanol–water partition coefficient (Wildman–Crippen LogP) is 3.06. The third-order valence-electron chi connectivity index (χ3n) is 5.56. The van der Waals surface area contributed by atoms with Gasteiger partial charge < -0.3 is 9.84 Å². The zero-order valence-corrected chi connectivity index (χ0v) is 14.3. The number of aliphatic hydroxyl groups excluding tert-OH is 1. The maximum Gasteiger partial charge on any atom is 0.0598 e. The Labute approximate surface area is 124 Å². The van der Waals surface area contributed by atoms with Crippen molar-refractivity contribution >= 4 is 0 Å². The number of aliphatic hydroxyl groups is 1. The van der Waals surface area contributed by atoms with Crippen molar-refractivity contribution < 1.29 is 9.84 Å². The van der Waals surface area contributed by atoms with Crippen LogP contribution < -0.4 is 0 Å². The summed E-state index contributed by atoms with van der Waals surface area (Å²) >= 11 is 0. The van der Waals surface area contributed by atoms with E-state index in [9.17, 15) is 5.11 Å². The van der Waals surface area contributed by atoms with Crippen LogP contribution in [0.5, 0.6) is 0 Å². The van der Waals surface area contributed by atoms with E-state index < -0.39 is 0 Å². The van der Waals surface area contributed by atoms with Gasteiger partial charge in [-0.1, -0.05) is 0 Å². The molecule has 2 unspecified atom stereocenters. The Morgan fingerprint density at radius 2 is 1.55 bits per heavy atom. The summed E-state index contributed by atoms with van der Waals surface area (Å²) in [4.78, 5) is 2.56. The first-order chi connectivity index (χ1) is 9.04. The molecule has 1 saturated carbocycles. The van der Waals surface area contributed by atoms with Crippen molar-refractivity contribution in [2.24, 2.45) is 10.8 Å². The molecule has 2 aliphatic rings. The lowest BCUT2D eigenvalue weighted by atomic mass is 9.50. The molecule has 1 saturated heterocycles. The average Bonchev–Trinajstić information content (AvgIpc) is 2.48. The van der Waals surface area contributed by atoms with Crippen LogP contribution in [0.1, 0.15) is 60.8 Å². The Kier molecular flexibility index (Phi) is 4.03. The first-order valence-electron chi connectivity index (χ1n) is 8.04. The van der Waals surface area contributed by atoms with Crippen molar-refractivity contribution in [2.45, 2.75) is 71.9 Å². The fraction of sp³-hybridized carbons (Fsp3) is 1.00. The van der Waals surface area contributed by atoms with E-state index >= 15 is 0 Å². The number of ether oxygens (including phenoxy) is 1. The normalized spacial score (nSPS) is 35.0. The van der Waals surface area contributed by atoms with Gasteiger partial charge in [-0.25, -0.2) is 0 Å². The third-order valence-corrected chi connectivity index (χ3v) is 5.56. The fourth-order valence-electron chi connectivity index (χ4n) is 3.91. The molecule has 3 heteroatoms. The summed E-state index contributed by atoms with van der Waals surface area (Å²) in [6, 6.07) is 0. The predicted molar refractivity (Wildman–Crippen MR) is 82.8 cm³/mol. The fourth-order valence-corrected chi connectivity index (χ4v) is 3.91. The van der Waals surface area contributed by atoms with Gasteiger partial charge in [-0.15, -0.1) is 0 Å². The first kappa shape index (κ1) is 16.3. The van der Waals surface area contributed by atoms with Crippen LogP contribution in [0.25, 0.3) is 0 Å². The van der Waals surface area contributed by atoms with Crippen molar-refractivity contribution in [1.29, 1.82) is 0 Å². The number of fused-ring (bicyclic) bond motifs is 1. The molecule has 2 fully saturated rings. The minimum atomic E-state index is -0.0649. The topological polar surface area (TPSA) is 32.7 Å². The highest BCUT2D eigenvalue weighted by Crippen LogP contribution is 2.63. The molecule has 2 atom stereocenters. The van der Waals surface area contributed by atoms with Crippen LogP contribution in [0.4, 0.5) is 0 Å².